The first-order valence-corrected chi connectivity index (χ1v) is 12.3. The van der Waals surface area contributed by atoms with E-state index in [0.29, 0.717) is 18.3 Å². The van der Waals surface area contributed by atoms with Crippen molar-refractivity contribution in [2.75, 3.05) is 62.0 Å². The van der Waals surface area contributed by atoms with Crippen molar-refractivity contribution >= 4 is 28.8 Å². The summed E-state index contributed by atoms with van der Waals surface area (Å²) in [4.78, 5) is 13.6. The van der Waals surface area contributed by atoms with Crippen LogP contribution in [0.1, 0.15) is 18.4 Å². The molecule has 0 atom stereocenters. The molecule has 5 rings (SSSR count). The molecule has 1 saturated heterocycles. The molecule has 2 fully saturated rings. The fourth-order valence-corrected chi connectivity index (χ4v) is 4.62. The van der Waals surface area contributed by atoms with Crippen molar-refractivity contribution < 1.29 is 9.84 Å². The summed E-state index contributed by atoms with van der Waals surface area (Å²) in [5.41, 5.74) is 3.49. The van der Waals surface area contributed by atoms with Gasteiger partial charge >= 0.3 is 0 Å². The Morgan fingerprint density at radius 2 is 1.86 bits per heavy atom. The highest BCUT2D eigenvalue weighted by Gasteiger charge is 2.44. The van der Waals surface area contributed by atoms with Gasteiger partial charge in [0.25, 0.3) is 0 Å². The highest BCUT2D eigenvalue weighted by Crippen LogP contribution is 2.48. The molecule has 1 saturated carbocycles. The Kier molecular flexibility index (Phi) is 6.89. The van der Waals surface area contributed by atoms with Crippen LogP contribution in [-0.4, -0.2) is 66.4 Å². The molecule has 1 aliphatic heterocycles. The number of aromatic nitrogens is 2. The molecular weight excluding hydrogens is 454 g/mol. The summed E-state index contributed by atoms with van der Waals surface area (Å²) in [6, 6.07) is 18.3. The van der Waals surface area contributed by atoms with Crippen LogP contribution in [0.25, 0.3) is 0 Å². The predicted octanol–water partition coefficient (Wildman–Crippen LogP) is 3.64. The van der Waals surface area contributed by atoms with Gasteiger partial charge in [0.2, 0.25) is 5.95 Å². The van der Waals surface area contributed by atoms with E-state index in [0.717, 1.165) is 67.4 Å². The van der Waals surface area contributed by atoms with Gasteiger partial charge in [0.1, 0.15) is 11.6 Å². The maximum Gasteiger partial charge on any atom is 0.229 e. The Hall–Kier alpha value is -3.87. The van der Waals surface area contributed by atoms with Crippen molar-refractivity contribution in [1.82, 2.24) is 14.9 Å². The van der Waals surface area contributed by atoms with E-state index in [2.05, 4.69) is 42.5 Å². The fraction of sp³-hybridized carbons (Fsp3) is 0.370. The van der Waals surface area contributed by atoms with Crippen molar-refractivity contribution in [2.45, 2.75) is 18.3 Å². The van der Waals surface area contributed by atoms with E-state index in [1.807, 2.05) is 42.5 Å². The topological polar surface area (TPSA) is 110 Å². The molecule has 1 aliphatic carbocycles. The molecule has 2 heterocycles. The number of piperazine rings is 1. The van der Waals surface area contributed by atoms with Gasteiger partial charge in [-0.15, -0.1) is 0 Å². The molecule has 3 aromatic rings. The van der Waals surface area contributed by atoms with Crippen LogP contribution < -0.4 is 20.3 Å². The van der Waals surface area contributed by atoms with Gasteiger partial charge in [-0.05, 0) is 48.7 Å². The van der Waals surface area contributed by atoms with Gasteiger partial charge in [-0.3, -0.25) is 4.90 Å². The average molecular weight is 486 g/mol. The normalized spacial score (nSPS) is 16.8. The SMILES string of the molecule is COc1cc(Nc2nccc(Nc3cccc(C4(C#N)CC4)c3)n2)ccc1N1CCN(CCO)CC1. The summed E-state index contributed by atoms with van der Waals surface area (Å²) < 4.78 is 5.70. The number of methoxy groups -OCH3 is 1. The molecule has 3 N–H and O–H groups in total. The van der Waals surface area contributed by atoms with Gasteiger partial charge in [0.05, 0.1) is 30.9 Å². The molecular formula is C27H31N7O2. The summed E-state index contributed by atoms with van der Waals surface area (Å²) in [7, 11) is 1.68. The van der Waals surface area contributed by atoms with Crippen LogP contribution in [0.3, 0.4) is 0 Å². The Labute approximate surface area is 211 Å². The Morgan fingerprint density at radius 1 is 1.06 bits per heavy atom. The second-order valence-corrected chi connectivity index (χ2v) is 9.23. The molecule has 0 unspecified atom stereocenters. The van der Waals surface area contributed by atoms with E-state index in [-0.39, 0.29) is 12.0 Å². The predicted molar refractivity (Wildman–Crippen MR) is 140 cm³/mol. The number of aliphatic hydroxyl groups excluding tert-OH is 1. The third kappa shape index (κ3) is 5.20. The third-order valence-corrected chi connectivity index (χ3v) is 6.87. The lowest BCUT2D eigenvalue weighted by Crippen LogP contribution is -2.47. The van der Waals surface area contributed by atoms with E-state index in [1.54, 1.807) is 13.3 Å². The van der Waals surface area contributed by atoms with Crippen molar-refractivity contribution in [3.63, 3.8) is 0 Å². The molecule has 0 bridgehead atoms. The summed E-state index contributed by atoms with van der Waals surface area (Å²) in [6.45, 7) is 4.51. The van der Waals surface area contributed by atoms with Crippen molar-refractivity contribution in [1.29, 1.82) is 5.26 Å². The Balaban J connectivity index is 1.26. The van der Waals surface area contributed by atoms with Gasteiger partial charge in [-0.2, -0.15) is 10.2 Å². The zero-order valence-corrected chi connectivity index (χ0v) is 20.4. The quantitative estimate of drug-likeness (QED) is 0.418. The van der Waals surface area contributed by atoms with Crippen LogP contribution in [0.4, 0.5) is 28.8 Å². The van der Waals surface area contributed by atoms with Crippen LogP contribution in [-0.2, 0) is 5.41 Å². The number of aliphatic hydroxyl groups is 1. The number of nitrogens with zero attached hydrogens (tertiary/aromatic N) is 5. The lowest BCUT2D eigenvalue weighted by atomic mass is 9.97. The number of anilines is 5. The molecule has 2 aliphatic rings. The number of benzene rings is 2. The smallest absolute Gasteiger partial charge is 0.229 e. The maximum atomic E-state index is 9.50. The van der Waals surface area contributed by atoms with Crippen molar-refractivity contribution in [2.24, 2.45) is 0 Å². The third-order valence-electron chi connectivity index (χ3n) is 6.87. The molecule has 9 heteroatoms. The van der Waals surface area contributed by atoms with E-state index < -0.39 is 0 Å². The molecule has 36 heavy (non-hydrogen) atoms. The highest BCUT2D eigenvalue weighted by atomic mass is 16.5. The summed E-state index contributed by atoms with van der Waals surface area (Å²) in [6.07, 6.45) is 3.53. The number of rotatable bonds is 9. The van der Waals surface area contributed by atoms with E-state index >= 15 is 0 Å². The van der Waals surface area contributed by atoms with Crippen LogP contribution in [0.2, 0.25) is 0 Å². The molecule has 1 aromatic heterocycles. The minimum absolute atomic E-state index is 0.191. The first-order valence-electron chi connectivity index (χ1n) is 12.3. The summed E-state index contributed by atoms with van der Waals surface area (Å²) in [5, 5.41) is 25.3. The van der Waals surface area contributed by atoms with Crippen molar-refractivity contribution in [3.05, 3.63) is 60.3 Å². The number of hydrogen-bond donors (Lipinski definition) is 3. The minimum atomic E-state index is -0.325. The summed E-state index contributed by atoms with van der Waals surface area (Å²) >= 11 is 0. The first-order chi connectivity index (χ1) is 17.6. The Bertz CT molecular complexity index is 1250. The number of nitrogens with one attached hydrogen (secondary N) is 2. The van der Waals surface area contributed by atoms with Gasteiger partial charge in [0, 0.05) is 56.4 Å². The molecule has 186 valence electrons. The molecule has 2 aromatic carbocycles. The van der Waals surface area contributed by atoms with Crippen LogP contribution in [0.15, 0.2) is 54.7 Å². The van der Waals surface area contributed by atoms with Crippen LogP contribution >= 0.6 is 0 Å². The van der Waals surface area contributed by atoms with Gasteiger partial charge in [0.15, 0.2) is 0 Å². The second-order valence-electron chi connectivity index (χ2n) is 9.23. The van der Waals surface area contributed by atoms with Crippen LogP contribution in [0, 0.1) is 11.3 Å². The fourth-order valence-electron chi connectivity index (χ4n) is 4.62. The lowest BCUT2D eigenvalue weighted by molar-refractivity contribution is 0.188. The lowest BCUT2D eigenvalue weighted by Gasteiger charge is -2.36. The second kappa shape index (κ2) is 10.4. The Morgan fingerprint density at radius 3 is 2.58 bits per heavy atom. The first kappa shape index (κ1) is 23.9. The van der Waals surface area contributed by atoms with Crippen LogP contribution in [0.5, 0.6) is 5.75 Å². The number of nitriles is 1. The van der Waals surface area contributed by atoms with E-state index in [4.69, 9.17) is 4.74 Å². The van der Waals surface area contributed by atoms with Gasteiger partial charge in [-0.1, -0.05) is 12.1 Å². The largest absolute Gasteiger partial charge is 0.495 e. The highest BCUT2D eigenvalue weighted by molar-refractivity contribution is 5.68. The van der Waals surface area contributed by atoms with E-state index in [9.17, 15) is 10.4 Å². The number of hydrogen-bond acceptors (Lipinski definition) is 9. The van der Waals surface area contributed by atoms with Crippen molar-refractivity contribution in [3.8, 4) is 11.8 Å². The molecule has 0 spiro atoms. The molecule has 0 amide bonds. The number of ether oxygens (including phenoxy) is 1. The van der Waals surface area contributed by atoms with E-state index in [1.165, 1.54) is 0 Å². The minimum Gasteiger partial charge on any atom is -0.495 e. The monoisotopic (exact) mass is 485 g/mol. The molecule has 9 nitrogen and oxygen atoms in total. The number of β-amino-alcohol motifs (C(OH)–C–C–N with tert-alkyl or cyclic N) is 1. The zero-order valence-electron chi connectivity index (χ0n) is 20.4. The van der Waals surface area contributed by atoms with Gasteiger partial charge < -0.3 is 25.4 Å². The van der Waals surface area contributed by atoms with Gasteiger partial charge in [-0.25, -0.2) is 4.98 Å². The average Bonchev–Trinajstić information content (AvgIpc) is 3.71. The maximum absolute atomic E-state index is 9.50. The summed E-state index contributed by atoms with van der Waals surface area (Å²) in [5.74, 6) is 1.92. The zero-order chi connectivity index (χ0) is 25.0. The molecule has 0 radical (unpaired) electrons. The standard InChI is InChI=1S/C27H31N7O2/c1-36-24-18-22(5-6-23(24)34-13-11-33(12-14-34)15-16-35)31-26-29-10-7-25(32-26)30-21-4-2-3-20(17-21)27(19-28)8-9-27/h2-7,10,17-18,35H,8-9,11-16H2,1H3,(H2,29,30,31,32).